The summed E-state index contributed by atoms with van der Waals surface area (Å²) in [6.07, 6.45) is 4.83. The highest BCUT2D eigenvalue weighted by Gasteiger charge is 2.11. The fourth-order valence-electron chi connectivity index (χ4n) is 2.36. The van der Waals surface area contributed by atoms with Crippen molar-refractivity contribution in [3.05, 3.63) is 42.9 Å². The van der Waals surface area contributed by atoms with Crippen molar-refractivity contribution in [2.75, 3.05) is 10.5 Å². The Morgan fingerprint density at radius 3 is 2.65 bits per heavy atom. The highest BCUT2D eigenvalue weighted by Crippen LogP contribution is 2.26. The van der Waals surface area contributed by atoms with Gasteiger partial charge in [-0.15, -0.1) is 0 Å². The monoisotopic (exact) mass is 330 g/mol. The average molecular weight is 330 g/mol. The highest BCUT2D eigenvalue weighted by molar-refractivity contribution is 7.92. The molecule has 1 aromatic carbocycles. The van der Waals surface area contributed by atoms with Gasteiger partial charge in [0.05, 0.1) is 11.4 Å². The molecule has 2 N–H and O–H groups in total. The maximum atomic E-state index is 11.9. The van der Waals surface area contributed by atoms with E-state index in [1.165, 1.54) is 6.33 Å². The van der Waals surface area contributed by atoms with Crippen LogP contribution in [0, 0.1) is 0 Å². The Bertz CT molecular complexity index is 901. The lowest BCUT2D eigenvalue weighted by Gasteiger charge is -2.08. The van der Waals surface area contributed by atoms with E-state index < -0.39 is 10.0 Å². The van der Waals surface area contributed by atoms with Crippen LogP contribution in [0.5, 0.6) is 0 Å². The second-order valence-corrected chi connectivity index (χ2v) is 7.16. The lowest BCUT2D eigenvalue weighted by molar-refractivity contribution is 0.598. The Hall–Kier alpha value is -2.41. The molecule has 0 aliphatic heterocycles. The second-order valence-electron chi connectivity index (χ2n) is 5.31. The summed E-state index contributed by atoms with van der Waals surface area (Å²) in [7, 11) is -3.28. The molecule has 0 saturated carbocycles. The van der Waals surface area contributed by atoms with Crippen LogP contribution >= 0.6 is 0 Å². The third-order valence-corrected chi connectivity index (χ3v) is 4.93. The van der Waals surface area contributed by atoms with Gasteiger partial charge in [0.1, 0.15) is 12.0 Å². The van der Waals surface area contributed by atoms with Crippen molar-refractivity contribution in [1.82, 2.24) is 15.0 Å². The Morgan fingerprint density at radius 1 is 1.13 bits per heavy atom. The van der Waals surface area contributed by atoms with E-state index in [1.54, 1.807) is 12.1 Å². The van der Waals surface area contributed by atoms with Gasteiger partial charge in [-0.05, 0) is 24.6 Å². The Labute approximate surface area is 135 Å². The first-order chi connectivity index (χ1) is 11.1. The number of hydrogen-bond donors (Lipinski definition) is 2. The minimum atomic E-state index is -3.28. The van der Waals surface area contributed by atoms with Crippen LogP contribution in [0.1, 0.15) is 19.8 Å². The number of H-pyrrole nitrogens is 1. The average Bonchev–Trinajstić information content (AvgIpc) is 3.02. The molecule has 0 aliphatic carbocycles. The molecule has 2 heterocycles. The molecule has 120 valence electrons. The lowest BCUT2D eigenvalue weighted by Crippen LogP contribution is -2.16. The fourth-order valence-corrected chi connectivity index (χ4v) is 3.63. The Kier molecular flexibility index (Phi) is 4.29. The summed E-state index contributed by atoms with van der Waals surface area (Å²) in [5, 5.41) is 0.934. The molecule has 0 bridgehead atoms. The van der Waals surface area contributed by atoms with E-state index >= 15 is 0 Å². The number of hydrogen-bond acceptors (Lipinski definition) is 4. The van der Waals surface area contributed by atoms with E-state index in [-0.39, 0.29) is 5.75 Å². The van der Waals surface area contributed by atoms with Gasteiger partial charge in [0.25, 0.3) is 0 Å². The van der Waals surface area contributed by atoms with E-state index in [9.17, 15) is 8.42 Å². The van der Waals surface area contributed by atoms with Gasteiger partial charge < -0.3 is 4.98 Å². The topological polar surface area (TPSA) is 87.7 Å². The predicted octanol–water partition coefficient (Wildman–Crippen LogP) is 3.17. The van der Waals surface area contributed by atoms with Gasteiger partial charge in [0, 0.05) is 22.8 Å². The predicted molar refractivity (Wildman–Crippen MR) is 91.6 cm³/mol. The maximum Gasteiger partial charge on any atom is 0.232 e. The molecule has 0 spiro atoms. The first-order valence-electron chi connectivity index (χ1n) is 7.48. The van der Waals surface area contributed by atoms with E-state index in [4.69, 9.17) is 0 Å². The molecule has 2 aromatic heterocycles. The van der Waals surface area contributed by atoms with E-state index in [1.807, 2.05) is 31.3 Å². The summed E-state index contributed by atoms with van der Waals surface area (Å²) >= 11 is 0. The first-order valence-corrected chi connectivity index (χ1v) is 9.13. The molecule has 0 unspecified atom stereocenters. The molecule has 23 heavy (non-hydrogen) atoms. The van der Waals surface area contributed by atoms with Crippen LogP contribution in [0.2, 0.25) is 0 Å². The Balaban J connectivity index is 1.84. The van der Waals surface area contributed by atoms with Gasteiger partial charge in [0.15, 0.2) is 0 Å². The molecule has 7 heteroatoms. The molecule has 0 radical (unpaired) electrons. The third kappa shape index (κ3) is 3.50. The van der Waals surface area contributed by atoms with Crippen LogP contribution in [0.4, 0.5) is 5.69 Å². The van der Waals surface area contributed by atoms with Gasteiger partial charge in [0.2, 0.25) is 10.0 Å². The van der Waals surface area contributed by atoms with Gasteiger partial charge in [-0.1, -0.05) is 25.5 Å². The van der Waals surface area contributed by atoms with Crippen molar-refractivity contribution in [3.8, 4) is 11.3 Å². The molecule has 0 atom stereocenters. The van der Waals surface area contributed by atoms with Crippen LogP contribution in [0.3, 0.4) is 0 Å². The molecule has 3 rings (SSSR count). The number of anilines is 1. The standard InChI is InChI=1S/C16H18N4O2S/c1-2-3-10-23(21,22)20-13-6-4-12(5-7-13)15-14-8-9-17-16(14)19-11-18-15/h4-9,11,20H,2-3,10H2,1H3,(H,17,18,19). The number of aromatic nitrogens is 3. The smallest absolute Gasteiger partial charge is 0.232 e. The summed E-state index contributed by atoms with van der Waals surface area (Å²) in [5.41, 5.74) is 3.06. The third-order valence-electron chi connectivity index (χ3n) is 3.55. The van der Waals surface area contributed by atoms with Gasteiger partial charge in [-0.25, -0.2) is 18.4 Å². The zero-order valence-electron chi connectivity index (χ0n) is 12.8. The highest BCUT2D eigenvalue weighted by atomic mass is 32.2. The van der Waals surface area contributed by atoms with Crippen molar-refractivity contribution < 1.29 is 8.42 Å². The van der Waals surface area contributed by atoms with Gasteiger partial charge in [-0.3, -0.25) is 4.72 Å². The number of fused-ring (bicyclic) bond motifs is 1. The van der Waals surface area contributed by atoms with E-state index in [2.05, 4.69) is 19.7 Å². The molecule has 0 fully saturated rings. The zero-order valence-corrected chi connectivity index (χ0v) is 13.6. The number of benzene rings is 1. The molecule has 3 aromatic rings. The van der Waals surface area contributed by atoms with Crippen LogP contribution in [-0.4, -0.2) is 29.1 Å². The summed E-state index contributed by atoms with van der Waals surface area (Å²) in [6.45, 7) is 1.97. The first kappa shape index (κ1) is 15.5. The minimum Gasteiger partial charge on any atom is -0.346 e. The summed E-state index contributed by atoms with van der Waals surface area (Å²) in [5.74, 6) is 0.140. The SMILES string of the molecule is CCCCS(=O)(=O)Nc1ccc(-c2ncnc3[nH]ccc23)cc1. The fraction of sp³-hybridized carbons (Fsp3) is 0.250. The summed E-state index contributed by atoms with van der Waals surface area (Å²) in [6, 6.07) is 9.13. The number of unbranched alkanes of at least 4 members (excludes halogenated alkanes) is 1. The molecule has 0 aliphatic rings. The number of nitrogens with one attached hydrogen (secondary N) is 2. The van der Waals surface area contributed by atoms with Gasteiger partial charge >= 0.3 is 0 Å². The van der Waals surface area contributed by atoms with Crippen LogP contribution in [0.15, 0.2) is 42.9 Å². The van der Waals surface area contributed by atoms with Crippen LogP contribution < -0.4 is 4.72 Å². The molecular formula is C16H18N4O2S. The Morgan fingerprint density at radius 2 is 1.91 bits per heavy atom. The van der Waals surface area contributed by atoms with E-state index in [0.717, 1.165) is 28.7 Å². The van der Waals surface area contributed by atoms with E-state index in [0.29, 0.717) is 12.1 Å². The van der Waals surface area contributed by atoms with Crippen molar-refractivity contribution in [2.24, 2.45) is 0 Å². The second kappa shape index (κ2) is 6.37. The van der Waals surface area contributed by atoms with Crippen LogP contribution in [0.25, 0.3) is 22.3 Å². The van der Waals surface area contributed by atoms with Crippen molar-refractivity contribution in [2.45, 2.75) is 19.8 Å². The van der Waals surface area contributed by atoms with Crippen molar-refractivity contribution in [1.29, 1.82) is 0 Å². The zero-order chi connectivity index (χ0) is 16.3. The number of sulfonamides is 1. The molecule has 0 amide bonds. The summed E-state index contributed by atoms with van der Waals surface area (Å²) in [4.78, 5) is 11.5. The molecule has 6 nitrogen and oxygen atoms in total. The lowest BCUT2D eigenvalue weighted by atomic mass is 10.1. The molecular weight excluding hydrogens is 312 g/mol. The number of rotatable bonds is 6. The summed E-state index contributed by atoms with van der Waals surface area (Å²) < 4.78 is 26.4. The largest absolute Gasteiger partial charge is 0.346 e. The van der Waals surface area contributed by atoms with Gasteiger partial charge in [-0.2, -0.15) is 0 Å². The quantitative estimate of drug-likeness (QED) is 0.726. The minimum absolute atomic E-state index is 0.140. The number of nitrogens with zero attached hydrogens (tertiary/aromatic N) is 2. The van der Waals surface area contributed by atoms with Crippen molar-refractivity contribution >= 4 is 26.7 Å². The van der Waals surface area contributed by atoms with Crippen LogP contribution in [-0.2, 0) is 10.0 Å². The maximum absolute atomic E-state index is 11.9. The normalized spacial score (nSPS) is 11.7. The molecule has 0 saturated heterocycles. The number of aromatic amines is 1. The van der Waals surface area contributed by atoms with Crippen molar-refractivity contribution in [3.63, 3.8) is 0 Å².